The number of pyridine rings is 2. The van der Waals surface area contributed by atoms with E-state index < -0.39 is 6.10 Å². The van der Waals surface area contributed by atoms with E-state index in [0.29, 0.717) is 37.0 Å². The van der Waals surface area contributed by atoms with E-state index >= 15 is 0 Å². The fourth-order valence-electron chi connectivity index (χ4n) is 3.48. The van der Waals surface area contributed by atoms with Crippen molar-refractivity contribution < 1.29 is 14.7 Å². The number of likely N-dealkylation sites (tertiary alicyclic amines) is 1. The molecule has 1 fully saturated rings. The van der Waals surface area contributed by atoms with Crippen LogP contribution in [0.4, 0.5) is 0 Å². The minimum absolute atomic E-state index is 0.0537. The number of β-amino-alcohol motifs (C(OH)–C–C–N with tert-alkyl or cyclic N) is 1. The lowest BCUT2D eigenvalue weighted by molar-refractivity contribution is -0.134. The number of carbonyl (C=O) groups excluding carboxylic acids is 2. The molecule has 2 amide bonds. The van der Waals surface area contributed by atoms with Crippen LogP contribution < -0.4 is 5.32 Å². The molecule has 0 saturated carbocycles. The van der Waals surface area contributed by atoms with Gasteiger partial charge < -0.3 is 15.3 Å². The lowest BCUT2D eigenvalue weighted by atomic mass is 10.0. The molecule has 2 N–H and O–H groups in total. The van der Waals surface area contributed by atoms with Gasteiger partial charge in [-0.2, -0.15) is 4.52 Å². The Bertz CT molecular complexity index is 1010. The number of amides is 2. The van der Waals surface area contributed by atoms with Gasteiger partial charge in [-0.25, -0.2) is 0 Å². The Balaban J connectivity index is 1.36. The second-order valence-corrected chi connectivity index (χ2v) is 7.12. The van der Waals surface area contributed by atoms with E-state index in [1.54, 1.807) is 35.6 Å². The Kier molecular flexibility index (Phi) is 5.43. The Morgan fingerprint density at radius 2 is 2.14 bits per heavy atom. The fourth-order valence-corrected chi connectivity index (χ4v) is 3.48. The van der Waals surface area contributed by atoms with Crippen LogP contribution in [0.25, 0.3) is 5.65 Å². The van der Waals surface area contributed by atoms with Gasteiger partial charge in [-0.15, -0.1) is 5.10 Å². The minimum Gasteiger partial charge on any atom is -0.391 e. The van der Waals surface area contributed by atoms with Crippen LogP contribution in [-0.4, -0.2) is 72.1 Å². The average Bonchev–Trinajstić information content (AvgIpc) is 3.20. The molecular weight excluding hydrogens is 374 g/mol. The van der Waals surface area contributed by atoms with Crippen molar-refractivity contribution in [3.8, 4) is 0 Å². The summed E-state index contributed by atoms with van der Waals surface area (Å²) in [5.41, 5.74) is 1.93. The molecule has 2 atom stereocenters. The summed E-state index contributed by atoms with van der Waals surface area (Å²) in [6.07, 6.45) is 5.60. The monoisotopic (exact) mass is 395 g/mol. The first-order chi connectivity index (χ1) is 14.1. The van der Waals surface area contributed by atoms with E-state index in [1.165, 1.54) is 4.52 Å². The third-order valence-electron chi connectivity index (χ3n) is 4.92. The molecule has 3 aromatic heterocycles. The van der Waals surface area contributed by atoms with Gasteiger partial charge in [-0.05, 0) is 47.0 Å². The summed E-state index contributed by atoms with van der Waals surface area (Å²) in [6, 6.07) is 6.72. The predicted octanol–water partition coefficient (Wildman–Crippen LogP) is -0.156. The highest BCUT2D eigenvalue weighted by Crippen LogP contribution is 2.14. The number of rotatable bonds is 5. The van der Waals surface area contributed by atoms with Crippen LogP contribution in [0, 0.1) is 0 Å². The number of nitrogens with zero attached hydrogens (tertiary/aromatic N) is 6. The molecule has 0 bridgehead atoms. The lowest BCUT2D eigenvalue weighted by Crippen LogP contribution is -2.54. The second-order valence-electron chi connectivity index (χ2n) is 7.12. The minimum atomic E-state index is -0.682. The molecule has 0 radical (unpaired) electrons. The van der Waals surface area contributed by atoms with Crippen LogP contribution in [0.5, 0.6) is 0 Å². The highest BCUT2D eigenvalue weighted by molar-refractivity contribution is 5.94. The molecule has 150 valence electrons. The van der Waals surface area contributed by atoms with Crippen LogP contribution in [0.3, 0.4) is 0 Å². The van der Waals surface area contributed by atoms with Crippen molar-refractivity contribution in [3.05, 3.63) is 54.0 Å². The number of hydrogen-bond donors (Lipinski definition) is 2. The van der Waals surface area contributed by atoms with E-state index in [1.807, 2.05) is 12.1 Å². The molecule has 10 heteroatoms. The summed E-state index contributed by atoms with van der Waals surface area (Å²) >= 11 is 0. The van der Waals surface area contributed by atoms with Crippen molar-refractivity contribution in [2.24, 2.45) is 0 Å². The molecule has 0 spiro atoms. The Labute approximate surface area is 166 Å². The number of piperidine rings is 1. The first kappa shape index (κ1) is 18.9. The van der Waals surface area contributed by atoms with Gasteiger partial charge in [0.2, 0.25) is 5.91 Å². The number of aromatic nitrogens is 5. The van der Waals surface area contributed by atoms with E-state index in [-0.39, 0.29) is 24.4 Å². The molecule has 4 rings (SSSR count). The fraction of sp³-hybridized carbons (Fsp3) is 0.368. The van der Waals surface area contributed by atoms with Gasteiger partial charge in [-0.3, -0.25) is 14.6 Å². The number of aliphatic hydroxyl groups is 1. The van der Waals surface area contributed by atoms with Gasteiger partial charge in [0.15, 0.2) is 5.65 Å². The van der Waals surface area contributed by atoms with E-state index in [2.05, 4.69) is 25.8 Å². The first-order valence-corrected chi connectivity index (χ1v) is 9.42. The highest BCUT2D eigenvalue weighted by Gasteiger charge is 2.30. The zero-order valence-electron chi connectivity index (χ0n) is 15.7. The van der Waals surface area contributed by atoms with E-state index in [9.17, 15) is 14.7 Å². The molecule has 1 aliphatic rings. The van der Waals surface area contributed by atoms with Crippen LogP contribution in [0.1, 0.15) is 28.8 Å². The number of aliphatic hydroxyl groups excluding tert-OH is 1. The number of tetrazole rings is 1. The molecule has 0 aromatic carbocycles. The van der Waals surface area contributed by atoms with Gasteiger partial charge in [0.1, 0.15) is 0 Å². The van der Waals surface area contributed by atoms with Crippen molar-refractivity contribution in [1.29, 1.82) is 0 Å². The summed E-state index contributed by atoms with van der Waals surface area (Å²) < 4.78 is 1.42. The van der Waals surface area contributed by atoms with Crippen molar-refractivity contribution in [1.82, 2.24) is 35.2 Å². The maximum Gasteiger partial charge on any atom is 0.253 e. The Morgan fingerprint density at radius 3 is 2.97 bits per heavy atom. The largest absolute Gasteiger partial charge is 0.391 e. The molecular formula is C19H21N7O3. The van der Waals surface area contributed by atoms with Crippen LogP contribution >= 0.6 is 0 Å². The number of nitrogens with one attached hydrogen (secondary N) is 1. The van der Waals surface area contributed by atoms with Crippen LogP contribution in [0.2, 0.25) is 0 Å². The summed E-state index contributed by atoms with van der Waals surface area (Å²) in [5, 5.41) is 24.2. The van der Waals surface area contributed by atoms with Crippen molar-refractivity contribution in [2.75, 3.05) is 13.1 Å². The molecule has 1 aliphatic heterocycles. The topological polar surface area (TPSA) is 126 Å². The van der Waals surface area contributed by atoms with Crippen LogP contribution in [-0.2, 0) is 11.2 Å². The van der Waals surface area contributed by atoms with E-state index in [0.717, 1.165) is 5.56 Å². The van der Waals surface area contributed by atoms with Crippen molar-refractivity contribution >= 4 is 17.5 Å². The summed E-state index contributed by atoms with van der Waals surface area (Å²) in [6.45, 7) is 0.636. The van der Waals surface area contributed by atoms with Crippen molar-refractivity contribution in [2.45, 2.75) is 31.4 Å². The van der Waals surface area contributed by atoms with Gasteiger partial charge in [0.05, 0.1) is 11.7 Å². The smallest absolute Gasteiger partial charge is 0.253 e. The van der Waals surface area contributed by atoms with Gasteiger partial charge in [0, 0.05) is 44.1 Å². The molecule has 1 saturated heterocycles. The SMILES string of the molecule is O=C(N[C@H]1C[C@@H](O)CN(C(=O)CCc2cccnc2)C1)c1ccc2nnnn2c1. The summed E-state index contributed by atoms with van der Waals surface area (Å²) in [5.74, 6) is -0.355. The Morgan fingerprint density at radius 1 is 1.24 bits per heavy atom. The number of carbonyl (C=O) groups is 2. The lowest BCUT2D eigenvalue weighted by Gasteiger charge is -2.36. The average molecular weight is 395 g/mol. The third-order valence-corrected chi connectivity index (χ3v) is 4.92. The molecule has 3 aromatic rings. The molecule has 4 heterocycles. The molecule has 10 nitrogen and oxygen atoms in total. The highest BCUT2D eigenvalue weighted by atomic mass is 16.3. The maximum atomic E-state index is 12.6. The third kappa shape index (κ3) is 4.54. The first-order valence-electron chi connectivity index (χ1n) is 9.42. The second kappa shape index (κ2) is 8.31. The maximum absolute atomic E-state index is 12.6. The zero-order valence-corrected chi connectivity index (χ0v) is 15.7. The van der Waals surface area contributed by atoms with Crippen LogP contribution in [0.15, 0.2) is 42.9 Å². The summed E-state index contributed by atoms with van der Waals surface area (Å²) in [4.78, 5) is 30.8. The standard InChI is InChI=1S/C19H21N7O3/c27-16-8-15(21-19(29)14-4-5-17-22-23-24-26(17)10-14)11-25(12-16)18(28)6-3-13-2-1-7-20-9-13/h1-2,4-5,7,9-10,15-16,27H,3,6,8,11-12H2,(H,21,29)/t15-,16+/m0/s1. The van der Waals surface area contributed by atoms with Crippen molar-refractivity contribution in [3.63, 3.8) is 0 Å². The normalized spacial score (nSPS) is 19.3. The predicted molar refractivity (Wildman–Crippen MR) is 102 cm³/mol. The molecule has 0 unspecified atom stereocenters. The van der Waals surface area contributed by atoms with Gasteiger partial charge in [0.25, 0.3) is 5.91 Å². The number of aryl methyl sites for hydroxylation is 1. The van der Waals surface area contributed by atoms with Gasteiger partial charge in [-0.1, -0.05) is 6.07 Å². The molecule has 29 heavy (non-hydrogen) atoms. The number of fused-ring (bicyclic) bond motifs is 1. The summed E-state index contributed by atoms with van der Waals surface area (Å²) in [7, 11) is 0. The quantitative estimate of drug-likeness (QED) is 0.615. The zero-order chi connectivity index (χ0) is 20.2. The Hall–Kier alpha value is -3.40. The number of hydrogen-bond acceptors (Lipinski definition) is 7. The van der Waals surface area contributed by atoms with E-state index in [4.69, 9.17) is 0 Å². The van der Waals surface area contributed by atoms with Gasteiger partial charge >= 0.3 is 0 Å². The molecule has 0 aliphatic carbocycles.